The molecule has 0 spiro atoms. The monoisotopic (exact) mass is 201 g/mol. The average molecular weight is 201 g/mol. The van der Waals surface area contributed by atoms with Crippen molar-refractivity contribution in [2.45, 2.75) is 44.3 Å². The Kier molecular flexibility index (Phi) is 4.51. The van der Waals surface area contributed by atoms with E-state index in [9.17, 15) is 15.0 Å². The molecule has 1 rings (SSSR count). The Morgan fingerprint density at radius 2 is 1.79 bits per heavy atom. The number of aliphatic hydroxyl groups is 2. The van der Waals surface area contributed by atoms with Gasteiger partial charge in [-0.3, -0.25) is 4.79 Å². The third-order valence-electron chi connectivity index (χ3n) is 2.85. The first-order valence-electron chi connectivity index (χ1n) is 5.21. The van der Waals surface area contributed by atoms with Crippen LogP contribution in [0, 0.1) is 5.92 Å². The lowest BCUT2D eigenvalue weighted by Crippen LogP contribution is -2.17. The third kappa shape index (κ3) is 3.36. The van der Waals surface area contributed by atoms with Gasteiger partial charge in [0.2, 0.25) is 0 Å². The Labute approximate surface area is 84.1 Å². The van der Waals surface area contributed by atoms with Crippen LogP contribution < -0.4 is 5.73 Å². The molecule has 0 bridgehead atoms. The Morgan fingerprint density at radius 1 is 1.21 bits per heavy atom. The second kappa shape index (κ2) is 5.44. The molecule has 0 aromatic rings. The maximum absolute atomic E-state index is 11.2. The first kappa shape index (κ1) is 11.6. The molecule has 82 valence electrons. The molecule has 0 aromatic carbocycles. The maximum atomic E-state index is 11.2. The first-order chi connectivity index (χ1) is 6.63. The van der Waals surface area contributed by atoms with Gasteiger partial charge in [0.25, 0.3) is 0 Å². The largest absolute Gasteiger partial charge is 0.390 e. The van der Waals surface area contributed by atoms with Crippen molar-refractivity contribution in [3.05, 3.63) is 0 Å². The summed E-state index contributed by atoms with van der Waals surface area (Å²) in [4.78, 5) is 11.2. The zero-order chi connectivity index (χ0) is 10.6. The van der Waals surface area contributed by atoms with Gasteiger partial charge in [0.1, 0.15) is 5.78 Å². The minimum absolute atomic E-state index is 0.184. The van der Waals surface area contributed by atoms with Crippen molar-refractivity contribution < 1.29 is 15.0 Å². The highest BCUT2D eigenvalue weighted by Crippen LogP contribution is 2.29. The number of carbonyl (C=O) groups excluding carboxylic acids is 1. The quantitative estimate of drug-likeness (QED) is 0.576. The number of Topliss-reactive ketones (excluding diaryl/α,β-unsaturated/α-hetero) is 1. The van der Waals surface area contributed by atoms with E-state index in [2.05, 4.69) is 0 Å². The first-order valence-corrected chi connectivity index (χ1v) is 5.21. The third-order valence-corrected chi connectivity index (χ3v) is 2.85. The van der Waals surface area contributed by atoms with E-state index in [4.69, 9.17) is 5.73 Å². The molecule has 2 unspecified atom stereocenters. The van der Waals surface area contributed by atoms with Gasteiger partial charge >= 0.3 is 0 Å². The van der Waals surface area contributed by atoms with Gasteiger partial charge in [0, 0.05) is 12.8 Å². The summed E-state index contributed by atoms with van der Waals surface area (Å²) >= 11 is 0. The Bertz CT molecular complexity index is 186. The number of nitrogens with two attached hydrogens (primary N) is 1. The minimum Gasteiger partial charge on any atom is -0.390 e. The van der Waals surface area contributed by atoms with Crippen molar-refractivity contribution in [3.63, 3.8) is 0 Å². The second-order valence-corrected chi connectivity index (χ2v) is 4.09. The summed E-state index contributed by atoms with van der Waals surface area (Å²) in [5, 5.41) is 18.6. The average Bonchev–Trinajstić information content (AvgIpc) is 2.44. The molecule has 4 N–H and O–H groups in total. The normalized spacial score (nSPS) is 32.1. The number of hydrogen-bond acceptors (Lipinski definition) is 4. The van der Waals surface area contributed by atoms with Gasteiger partial charge in [-0.1, -0.05) is 0 Å². The lowest BCUT2D eigenvalue weighted by molar-refractivity contribution is -0.119. The molecule has 0 aliphatic heterocycles. The zero-order valence-corrected chi connectivity index (χ0v) is 8.35. The maximum Gasteiger partial charge on any atom is 0.134 e. The van der Waals surface area contributed by atoms with Crippen LogP contribution in [0.25, 0.3) is 0 Å². The van der Waals surface area contributed by atoms with Crippen molar-refractivity contribution in [2.24, 2.45) is 11.7 Å². The molecule has 1 aliphatic carbocycles. The van der Waals surface area contributed by atoms with Crippen molar-refractivity contribution >= 4 is 5.78 Å². The van der Waals surface area contributed by atoms with Crippen LogP contribution in [0.4, 0.5) is 0 Å². The van der Waals surface area contributed by atoms with Gasteiger partial charge in [-0.15, -0.1) is 0 Å². The fourth-order valence-electron chi connectivity index (χ4n) is 1.98. The van der Waals surface area contributed by atoms with E-state index in [0.29, 0.717) is 38.1 Å². The molecule has 14 heavy (non-hydrogen) atoms. The van der Waals surface area contributed by atoms with Crippen molar-refractivity contribution in [2.75, 3.05) is 6.54 Å². The summed E-state index contributed by atoms with van der Waals surface area (Å²) in [6, 6.07) is 0. The highest BCUT2D eigenvalue weighted by molar-refractivity contribution is 5.78. The Morgan fingerprint density at radius 3 is 2.29 bits per heavy atom. The summed E-state index contributed by atoms with van der Waals surface area (Å²) in [6.45, 7) is 0.411. The smallest absolute Gasteiger partial charge is 0.134 e. The molecule has 2 atom stereocenters. The molecule has 4 heteroatoms. The van der Waals surface area contributed by atoms with E-state index >= 15 is 0 Å². The van der Waals surface area contributed by atoms with Crippen molar-refractivity contribution in [1.82, 2.24) is 0 Å². The van der Waals surface area contributed by atoms with Gasteiger partial charge in [0.05, 0.1) is 12.2 Å². The molecule has 4 nitrogen and oxygen atoms in total. The lowest BCUT2D eigenvalue weighted by Gasteiger charge is -2.07. The minimum atomic E-state index is -0.593. The van der Waals surface area contributed by atoms with Crippen LogP contribution in [0.2, 0.25) is 0 Å². The van der Waals surface area contributed by atoms with E-state index in [1.54, 1.807) is 0 Å². The Hall–Kier alpha value is -0.450. The standard InChI is InChI=1S/C10H19NO3/c11-4-3-8(12)2-1-7-5-9(13)10(14)6-7/h7,9-10,13-14H,1-6,11H2. The molecular formula is C10H19NO3. The number of hydrogen-bond donors (Lipinski definition) is 3. The molecule has 0 heterocycles. The molecule has 1 aliphatic rings. The molecule has 0 saturated heterocycles. The SMILES string of the molecule is NCCC(=O)CCC1CC(O)C(O)C1. The predicted octanol–water partition coefficient (Wildman–Crippen LogP) is -0.184. The van der Waals surface area contributed by atoms with Crippen molar-refractivity contribution in [1.29, 1.82) is 0 Å². The van der Waals surface area contributed by atoms with Crippen LogP contribution in [0.3, 0.4) is 0 Å². The highest BCUT2D eigenvalue weighted by Gasteiger charge is 2.31. The highest BCUT2D eigenvalue weighted by atomic mass is 16.3. The molecule has 1 fully saturated rings. The fraction of sp³-hybridized carbons (Fsp3) is 0.900. The predicted molar refractivity (Wildman–Crippen MR) is 52.7 cm³/mol. The van der Waals surface area contributed by atoms with E-state index in [-0.39, 0.29) is 5.78 Å². The lowest BCUT2D eigenvalue weighted by atomic mass is 9.99. The second-order valence-electron chi connectivity index (χ2n) is 4.09. The van der Waals surface area contributed by atoms with E-state index in [1.807, 2.05) is 0 Å². The molecular weight excluding hydrogens is 182 g/mol. The number of carbonyl (C=O) groups is 1. The molecule has 0 aromatic heterocycles. The van der Waals surface area contributed by atoms with E-state index in [0.717, 1.165) is 6.42 Å². The van der Waals surface area contributed by atoms with Gasteiger partial charge in [-0.25, -0.2) is 0 Å². The number of rotatable bonds is 5. The summed E-state index contributed by atoms with van der Waals surface area (Å²) in [5.74, 6) is 0.477. The fourth-order valence-corrected chi connectivity index (χ4v) is 1.98. The van der Waals surface area contributed by atoms with Crippen LogP contribution in [0.1, 0.15) is 32.1 Å². The molecule has 1 saturated carbocycles. The summed E-state index contributed by atoms with van der Waals surface area (Å²) < 4.78 is 0. The molecule has 0 radical (unpaired) electrons. The van der Waals surface area contributed by atoms with E-state index in [1.165, 1.54) is 0 Å². The van der Waals surface area contributed by atoms with E-state index < -0.39 is 12.2 Å². The van der Waals surface area contributed by atoms with Crippen LogP contribution in [0.15, 0.2) is 0 Å². The van der Waals surface area contributed by atoms with Gasteiger partial charge in [-0.2, -0.15) is 0 Å². The van der Waals surface area contributed by atoms with Crippen LogP contribution in [-0.4, -0.2) is 34.7 Å². The van der Waals surface area contributed by atoms with Crippen LogP contribution in [0.5, 0.6) is 0 Å². The molecule has 0 amide bonds. The Balaban J connectivity index is 2.17. The van der Waals surface area contributed by atoms with Crippen LogP contribution in [-0.2, 0) is 4.79 Å². The zero-order valence-electron chi connectivity index (χ0n) is 8.35. The summed E-state index contributed by atoms with van der Waals surface area (Å²) in [6.07, 6.45) is 1.80. The summed E-state index contributed by atoms with van der Waals surface area (Å²) in [5.41, 5.74) is 5.26. The number of aliphatic hydroxyl groups excluding tert-OH is 2. The van der Waals surface area contributed by atoms with Gasteiger partial charge in [0.15, 0.2) is 0 Å². The van der Waals surface area contributed by atoms with Crippen LogP contribution >= 0.6 is 0 Å². The van der Waals surface area contributed by atoms with Gasteiger partial charge in [-0.05, 0) is 31.7 Å². The number of ketones is 1. The summed E-state index contributed by atoms with van der Waals surface area (Å²) in [7, 11) is 0. The topological polar surface area (TPSA) is 83.6 Å². The van der Waals surface area contributed by atoms with Crippen molar-refractivity contribution in [3.8, 4) is 0 Å². The van der Waals surface area contributed by atoms with Gasteiger partial charge < -0.3 is 15.9 Å².